The van der Waals surface area contributed by atoms with Gasteiger partial charge in [-0.25, -0.2) is 9.67 Å². The van der Waals surface area contributed by atoms with E-state index in [2.05, 4.69) is 10.1 Å². The maximum atomic E-state index is 10.2. The van der Waals surface area contributed by atoms with Gasteiger partial charge in [0.1, 0.15) is 11.5 Å². The van der Waals surface area contributed by atoms with Crippen molar-refractivity contribution < 1.29 is 9.84 Å². The molecule has 0 saturated heterocycles. The molecule has 0 fully saturated rings. The molecular weight excluding hydrogens is 254 g/mol. The Labute approximate surface area is 116 Å². The Morgan fingerprint density at radius 1 is 1.20 bits per heavy atom. The van der Waals surface area contributed by atoms with Crippen molar-refractivity contribution in [1.82, 2.24) is 14.8 Å². The van der Waals surface area contributed by atoms with Crippen LogP contribution in [-0.4, -0.2) is 27.0 Å². The molecule has 0 spiro atoms. The van der Waals surface area contributed by atoms with Crippen LogP contribution in [-0.2, 0) is 0 Å². The summed E-state index contributed by atoms with van der Waals surface area (Å²) in [5, 5.41) is 15.2. The van der Waals surface area contributed by atoms with Crippen molar-refractivity contribution in [1.29, 1.82) is 0 Å². The maximum Gasteiger partial charge on any atom is 0.157 e. The second kappa shape index (κ2) is 4.52. The molecule has 0 aliphatic carbocycles. The number of hydrogen-bond acceptors (Lipinski definition) is 4. The van der Waals surface area contributed by atoms with E-state index in [0.717, 1.165) is 17.0 Å². The lowest BCUT2D eigenvalue weighted by Crippen LogP contribution is -2.00. The average molecular weight is 269 g/mol. The number of aromatic nitrogens is 3. The SMILES string of the molecule is COc1ccc2c(O)cc(-n3ccc(C)n3)nc2c1C. The van der Waals surface area contributed by atoms with E-state index in [1.54, 1.807) is 17.9 Å². The van der Waals surface area contributed by atoms with Crippen LogP contribution in [0, 0.1) is 13.8 Å². The number of ether oxygens (including phenoxy) is 1. The number of hydrogen-bond donors (Lipinski definition) is 1. The van der Waals surface area contributed by atoms with Gasteiger partial charge in [-0.05, 0) is 32.0 Å². The summed E-state index contributed by atoms with van der Waals surface area (Å²) in [6.07, 6.45) is 1.82. The van der Waals surface area contributed by atoms with Gasteiger partial charge in [-0.3, -0.25) is 0 Å². The lowest BCUT2D eigenvalue weighted by Gasteiger charge is -2.10. The third-order valence-electron chi connectivity index (χ3n) is 3.33. The highest BCUT2D eigenvalue weighted by Crippen LogP contribution is 2.32. The molecule has 0 aliphatic rings. The van der Waals surface area contributed by atoms with Crippen LogP contribution in [0.15, 0.2) is 30.5 Å². The van der Waals surface area contributed by atoms with Crippen LogP contribution in [0.3, 0.4) is 0 Å². The molecule has 2 heterocycles. The topological polar surface area (TPSA) is 60.2 Å². The number of nitrogens with zero attached hydrogens (tertiary/aromatic N) is 3. The zero-order valence-electron chi connectivity index (χ0n) is 11.6. The highest BCUT2D eigenvalue weighted by molar-refractivity contribution is 5.89. The van der Waals surface area contributed by atoms with Gasteiger partial charge in [0, 0.05) is 23.2 Å². The van der Waals surface area contributed by atoms with Crippen molar-refractivity contribution in [2.24, 2.45) is 0 Å². The molecule has 20 heavy (non-hydrogen) atoms. The van der Waals surface area contributed by atoms with Crippen LogP contribution in [0.2, 0.25) is 0 Å². The molecular formula is C15H15N3O2. The van der Waals surface area contributed by atoms with E-state index in [1.165, 1.54) is 0 Å². The summed E-state index contributed by atoms with van der Waals surface area (Å²) in [5.74, 6) is 1.52. The Kier molecular flexibility index (Phi) is 2.82. The lowest BCUT2D eigenvalue weighted by molar-refractivity contribution is 0.412. The number of methoxy groups -OCH3 is 1. The van der Waals surface area contributed by atoms with Crippen molar-refractivity contribution in [3.63, 3.8) is 0 Å². The molecule has 1 N–H and O–H groups in total. The molecule has 1 aromatic carbocycles. The van der Waals surface area contributed by atoms with Crippen LogP contribution in [0.5, 0.6) is 11.5 Å². The van der Waals surface area contributed by atoms with Crippen molar-refractivity contribution >= 4 is 10.9 Å². The van der Waals surface area contributed by atoms with Crippen LogP contribution < -0.4 is 4.74 Å². The molecule has 2 aromatic heterocycles. The van der Waals surface area contributed by atoms with Crippen LogP contribution in [0.25, 0.3) is 16.7 Å². The Hall–Kier alpha value is -2.56. The molecule has 0 radical (unpaired) electrons. The number of aromatic hydroxyl groups is 1. The fourth-order valence-corrected chi connectivity index (χ4v) is 2.26. The average Bonchev–Trinajstić information content (AvgIpc) is 2.86. The van der Waals surface area contributed by atoms with E-state index in [0.29, 0.717) is 16.7 Å². The predicted octanol–water partition coefficient (Wildman–Crippen LogP) is 2.75. The number of rotatable bonds is 2. The van der Waals surface area contributed by atoms with Gasteiger partial charge in [0.25, 0.3) is 0 Å². The molecule has 0 unspecified atom stereocenters. The smallest absolute Gasteiger partial charge is 0.157 e. The van der Waals surface area contributed by atoms with Crippen molar-refractivity contribution in [2.75, 3.05) is 7.11 Å². The Morgan fingerprint density at radius 2 is 2.00 bits per heavy atom. The second-order valence-corrected chi connectivity index (χ2v) is 4.69. The quantitative estimate of drug-likeness (QED) is 0.777. The van der Waals surface area contributed by atoms with Crippen molar-refractivity contribution in [3.8, 4) is 17.3 Å². The third-order valence-corrected chi connectivity index (χ3v) is 3.33. The summed E-state index contributed by atoms with van der Waals surface area (Å²) in [6, 6.07) is 7.14. The maximum absolute atomic E-state index is 10.2. The number of pyridine rings is 1. The lowest BCUT2D eigenvalue weighted by atomic mass is 10.1. The third kappa shape index (κ3) is 1.87. The molecule has 0 atom stereocenters. The Bertz CT molecular complexity index is 793. The van der Waals surface area contributed by atoms with E-state index in [-0.39, 0.29) is 5.75 Å². The zero-order chi connectivity index (χ0) is 14.3. The van der Waals surface area contributed by atoms with Gasteiger partial charge in [-0.2, -0.15) is 5.10 Å². The summed E-state index contributed by atoms with van der Waals surface area (Å²) in [7, 11) is 1.62. The minimum Gasteiger partial charge on any atom is -0.507 e. The van der Waals surface area contributed by atoms with Gasteiger partial charge in [0.2, 0.25) is 0 Å². The first-order chi connectivity index (χ1) is 9.60. The monoisotopic (exact) mass is 269 g/mol. The zero-order valence-corrected chi connectivity index (χ0v) is 11.6. The largest absolute Gasteiger partial charge is 0.507 e. The molecule has 102 valence electrons. The van der Waals surface area contributed by atoms with Gasteiger partial charge in [-0.1, -0.05) is 0 Å². The van der Waals surface area contributed by atoms with Crippen LogP contribution >= 0.6 is 0 Å². The molecule has 0 amide bonds. The van der Waals surface area contributed by atoms with Gasteiger partial charge >= 0.3 is 0 Å². The second-order valence-electron chi connectivity index (χ2n) is 4.69. The fourth-order valence-electron chi connectivity index (χ4n) is 2.26. The summed E-state index contributed by atoms with van der Waals surface area (Å²) in [5.41, 5.74) is 2.51. The van der Waals surface area contributed by atoms with E-state index in [1.807, 2.05) is 38.2 Å². The summed E-state index contributed by atoms with van der Waals surface area (Å²) in [6.45, 7) is 3.83. The number of fused-ring (bicyclic) bond motifs is 1. The normalized spacial score (nSPS) is 10.9. The Morgan fingerprint density at radius 3 is 2.65 bits per heavy atom. The van der Waals surface area contributed by atoms with Gasteiger partial charge in [-0.15, -0.1) is 0 Å². The Balaban J connectivity index is 2.29. The first kappa shape index (κ1) is 12.5. The van der Waals surface area contributed by atoms with Gasteiger partial charge < -0.3 is 9.84 Å². The van der Waals surface area contributed by atoms with E-state index >= 15 is 0 Å². The minimum absolute atomic E-state index is 0.184. The summed E-state index contributed by atoms with van der Waals surface area (Å²) < 4.78 is 6.94. The van der Waals surface area contributed by atoms with Crippen LogP contribution in [0.4, 0.5) is 0 Å². The molecule has 3 rings (SSSR count). The molecule has 5 heteroatoms. The summed E-state index contributed by atoms with van der Waals surface area (Å²) in [4.78, 5) is 4.59. The number of aryl methyl sites for hydroxylation is 2. The first-order valence-electron chi connectivity index (χ1n) is 6.30. The highest BCUT2D eigenvalue weighted by Gasteiger charge is 2.11. The number of benzene rings is 1. The van der Waals surface area contributed by atoms with Crippen molar-refractivity contribution in [2.45, 2.75) is 13.8 Å². The molecule has 0 bridgehead atoms. The molecule has 0 saturated carbocycles. The van der Waals surface area contributed by atoms with Crippen molar-refractivity contribution in [3.05, 3.63) is 41.7 Å². The highest BCUT2D eigenvalue weighted by atomic mass is 16.5. The first-order valence-corrected chi connectivity index (χ1v) is 6.30. The molecule has 5 nitrogen and oxygen atoms in total. The predicted molar refractivity (Wildman–Crippen MR) is 76.6 cm³/mol. The standard InChI is InChI=1S/C15H15N3O2/c1-9-6-7-18(17-9)14-8-12(19)11-4-5-13(20-3)10(2)15(11)16-14/h4-8H,1-3H3,(H,16,19). The van der Waals surface area contributed by atoms with E-state index < -0.39 is 0 Å². The van der Waals surface area contributed by atoms with Gasteiger partial charge in [0.15, 0.2) is 5.82 Å². The molecule has 0 aliphatic heterocycles. The fraction of sp³-hybridized carbons (Fsp3) is 0.200. The summed E-state index contributed by atoms with van der Waals surface area (Å²) >= 11 is 0. The van der Waals surface area contributed by atoms with Crippen LogP contribution in [0.1, 0.15) is 11.3 Å². The minimum atomic E-state index is 0.184. The van der Waals surface area contributed by atoms with E-state index in [4.69, 9.17) is 4.74 Å². The van der Waals surface area contributed by atoms with Gasteiger partial charge in [0.05, 0.1) is 18.3 Å². The van der Waals surface area contributed by atoms with E-state index in [9.17, 15) is 5.11 Å². The molecule has 3 aromatic rings.